The van der Waals surface area contributed by atoms with E-state index in [0.717, 1.165) is 30.4 Å². The zero-order valence-corrected chi connectivity index (χ0v) is 17.3. The van der Waals surface area contributed by atoms with E-state index in [2.05, 4.69) is 10.6 Å². The first-order chi connectivity index (χ1) is 13.8. The third kappa shape index (κ3) is 4.31. The van der Waals surface area contributed by atoms with Crippen molar-refractivity contribution in [2.45, 2.75) is 52.4 Å². The van der Waals surface area contributed by atoms with Crippen molar-refractivity contribution < 1.29 is 19.1 Å². The van der Waals surface area contributed by atoms with Gasteiger partial charge in [0.25, 0.3) is 5.91 Å². The third-order valence-corrected chi connectivity index (χ3v) is 6.94. The topological polar surface area (TPSA) is 84.5 Å². The summed E-state index contributed by atoms with van der Waals surface area (Å²) in [5.41, 5.74) is 2.41. The second-order valence-corrected chi connectivity index (χ2v) is 9.41. The van der Waals surface area contributed by atoms with Gasteiger partial charge in [0.15, 0.2) is 6.61 Å². The van der Waals surface area contributed by atoms with Gasteiger partial charge in [0, 0.05) is 11.1 Å². The van der Waals surface area contributed by atoms with Crippen molar-refractivity contribution in [3.8, 4) is 0 Å². The SMILES string of the molecule is Cc1ccc(C)c(NC(=O)COC(=O)CNC(=O)C23CC4CC(CC(C4)C2)C3)c1. The standard InChI is InChI=1S/C23H30N2O4/c1-14-3-4-15(2)19(5-14)25-20(26)13-29-21(27)12-24-22(28)23-9-16-6-17(10-23)8-18(7-16)11-23/h3-5,16-18H,6-13H2,1-2H3,(H,24,28)(H,25,26). The molecule has 0 spiro atoms. The molecule has 4 aliphatic carbocycles. The molecule has 0 aromatic heterocycles. The Hall–Kier alpha value is -2.37. The van der Waals surface area contributed by atoms with Crippen LogP contribution in [-0.2, 0) is 19.1 Å². The molecule has 6 heteroatoms. The molecule has 1 aromatic rings. The molecule has 156 valence electrons. The van der Waals surface area contributed by atoms with E-state index in [9.17, 15) is 14.4 Å². The molecule has 1 aromatic carbocycles. The first-order valence-corrected chi connectivity index (χ1v) is 10.6. The summed E-state index contributed by atoms with van der Waals surface area (Å²) in [6, 6.07) is 5.77. The van der Waals surface area contributed by atoms with E-state index in [-0.39, 0.29) is 30.4 Å². The van der Waals surface area contributed by atoms with Gasteiger partial charge in [0.2, 0.25) is 5.91 Å². The molecule has 4 saturated carbocycles. The lowest BCUT2D eigenvalue weighted by Gasteiger charge is -2.55. The minimum absolute atomic E-state index is 0.00612. The van der Waals surface area contributed by atoms with Gasteiger partial charge in [-0.05, 0) is 87.3 Å². The molecule has 0 atom stereocenters. The smallest absolute Gasteiger partial charge is 0.325 e. The number of carbonyl (C=O) groups excluding carboxylic acids is 3. The van der Waals surface area contributed by atoms with Crippen LogP contribution in [0.2, 0.25) is 0 Å². The zero-order valence-electron chi connectivity index (χ0n) is 17.3. The van der Waals surface area contributed by atoms with E-state index in [4.69, 9.17) is 4.74 Å². The molecule has 6 nitrogen and oxygen atoms in total. The Labute approximate surface area is 171 Å². The summed E-state index contributed by atoms with van der Waals surface area (Å²) in [5.74, 6) is 1.04. The predicted molar refractivity (Wildman–Crippen MR) is 109 cm³/mol. The first-order valence-electron chi connectivity index (χ1n) is 10.6. The fraction of sp³-hybridized carbons (Fsp3) is 0.609. The maximum absolute atomic E-state index is 12.9. The highest BCUT2D eigenvalue weighted by atomic mass is 16.5. The number of hydrogen-bond acceptors (Lipinski definition) is 4. The second-order valence-electron chi connectivity index (χ2n) is 9.41. The van der Waals surface area contributed by atoms with Crippen LogP contribution >= 0.6 is 0 Å². The summed E-state index contributed by atoms with van der Waals surface area (Å²) in [4.78, 5) is 37.0. The molecule has 4 fully saturated rings. The Morgan fingerprint density at radius 1 is 1.03 bits per heavy atom. The Bertz CT molecular complexity index is 797. The van der Waals surface area contributed by atoms with Crippen molar-refractivity contribution in [2.24, 2.45) is 23.2 Å². The minimum Gasteiger partial charge on any atom is -0.454 e. The molecule has 0 heterocycles. The van der Waals surface area contributed by atoms with E-state index >= 15 is 0 Å². The van der Waals surface area contributed by atoms with Crippen molar-refractivity contribution in [1.29, 1.82) is 0 Å². The number of ether oxygens (including phenoxy) is 1. The average molecular weight is 399 g/mol. The third-order valence-electron chi connectivity index (χ3n) is 6.94. The summed E-state index contributed by atoms with van der Waals surface area (Å²) < 4.78 is 5.05. The number of hydrogen-bond donors (Lipinski definition) is 2. The van der Waals surface area contributed by atoms with Crippen molar-refractivity contribution >= 4 is 23.5 Å². The van der Waals surface area contributed by atoms with Gasteiger partial charge < -0.3 is 15.4 Å². The van der Waals surface area contributed by atoms with E-state index in [1.165, 1.54) is 19.3 Å². The molecule has 2 amide bonds. The van der Waals surface area contributed by atoms with Gasteiger partial charge in [-0.15, -0.1) is 0 Å². The lowest BCUT2D eigenvalue weighted by Crippen LogP contribution is -2.54. The van der Waals surface area contributed by atoms with Crippen molar-refractivity contribution in [3.63, 3.8) is 0 Å². The monoisotopic (exact) mass is 398 g/mol. The molecular weight excluding hydrogens is 368 g/mol. The largest absolute Gasteiger partial charge is 0.454 e. The summed E-state index contributed by atoms with van der Waals surface area (Å²) in [6.45, 7) is 3.30. The summed E-state index contributed by atoms with van der Waals surface area (Å²) >= 11 is 0. The number of anilines is 1. The van der Waals surface area contributed by atoms with Crippen LogP contribution in [0.5, 0.6) is 0 Å². The van der Waals surface area contributed by atoms with Crippen LogP contribution in [0.3, 0.4) is 0 Å². The number of amides is 2. The Morgan fingerprint density at radius 2 is 1.66 bits per heavy atom. The highest BCUT2D eigenvalue weighted by molar-refractivity contribution is 5.94. The number of esters is 1. The molecule has 0 saturated heterocycles. The molecule has 4 bridgehead atoms. The summed E-state index contributed by atoms with van der Waals surface area (Å²) in [7, 11) is 0. The van der Waals surface area contributed by atoms with Crippen molar-refractivity contribution in [3.05, 3.63) is 29.3 Å². The number of carbonyl (C=O) groups is 3. The molecule has 2 N–H and O–H groups in total. The van der Waals surface area contributed by atoms with Crippen molar-refractivity contribution in [1.82, 2.24) is 5.32 Å². The Morgan fingerprint density at radius 3 is 2.28 bits per heavy atom. The minimum atomic E-state index is -0.584. The molecule has 5 rings (SSSR count). The molecule has 0 radical (unpaired) electrons. The molecular formula is C23H30N2O4. The zero-order chi connectivity index (χ0) is 20.6. The average Bonchev–Trinajstić information content (AvgIpc) is 2.66. The Kier molecular flexibility index (Phi) is 5.36. The van der Waals surface area contributed by atoms with Crippen LogP contribution in [0.4, 0.5) is 5.69 Å². The van der Waals surface area contributed by atoms with Gasteiger partial charge in [-0.3, -0.25) is 14.4 Å². The van der Waals surface area contributed by atoms with Crippen LogP contribution in [-0.4, -0.2) is 30.9 Å². The van der Waals surface area contributed by atoms with E-state index < -0.39 is 5.97 Å². The number of rotatable bonds is 6. The molecule has 0 unspecified atom stereocenters. The van der Waals surface area contributed by atoms with Gasteiger partial charge in [-0.1, -0.05) is 12.1 Å². The predicted octanol–water partition coefficient (Wildman–Crippen LogP) is 3.12. The first kappa shape index (κ1) is 19.9. The fourth-order valence-corrected chi connectivity index (χ4v) is 5.98. The van der Waals surface area contributed by atoms with E-state index in [0.29, 0.717) is 23.4 Å². The highest BCUT2D eigenvalue weighted by Gasteiger charge is 2.54. The maximum Gasteiger partial charge on any atom is 0.325 e. The van der Waals surface area contributed by atoms with Crippen LogP contribution in [0.25, 0.3) is 0 Å². The van der Waals surface area contributed by atoms with Gasteiger partial charge >= 0.3 is 5.97 Å². The van der Waals surface area contributed by atoms with Crippen LogP contribution < -0.4 is 10.6 Å². The van der Waals surface area contributed by atoms with Gasteiger partial charge in [-0.2, -0.15) is 0 Å². The van der Waals surface area contributed by atoms with Crippen LogP contribution in [0.15, 0.2) is 18.2 Å². The highest BCUT2D eigenvalue weighted by Crippen LogP contribution is 2.60. The quantitative estimate of drug-likeness (QED) is 0.721. The molecule has 0 aliphatic heterocycles. The van der Waals surface area contributed by atoms with Crippen molar-refractivity contribution in [2.75, 3.05) is 18.5 Å². The van der Waals surface area contributed by atoms with E-state index in [1.54, 1.807) is 0 Å². The van der Waals surface area contributed by atoms with Crippen LogP contribution in [0, 0.1) is 37.0 Å². The lowest BCUT2D eigenvalue weighted by molar-refractivity contribution is -0.152. The lowest BCUT2D eigenvalue weighted by atomic mass is 9.49. The van der Waals surface area contributed by atoms with E-state index in [1.807, 2.05) is 32.0 Å². The van der Waals surface area contributed by atoms with Crippen LogP contribution in [0.1, 0.15) is 49.7 Å². The van der Waals surface area contributed by atoms with Gasteiger partial charge in [-0.25, -0.2) is 0 Å². The molecule has 29 heavy (non-hydrogen) atoms. The van der Waals surface area contributed by atoms with Gasteiger partial charge in [0.1, 0.15) is 6.54 Å². The summed E-state index contributed by atoms with van der Waals surface area (Å²) in [6.07, 6.45) is 6.67. The number of aryl methyl sites for hydroxylation is 2. The van der Waals surface area contributed by atoms with Gasteiger partial charge in [0.05, 0.1) is 0 Å². The maximum atomic E-state index is 12.9. The normalized spacial score (nSPS) is 29.4. The Balaban J connectivity index is 1.23. The number of nitrogens with one attached hydrogen (secondary N) is 2. The number of benzene rings is 1. The second kappa shape index (κ2) is 7.81. The molecule has 4 aliphatic rings. The summed E-state index contributed by atoms with van der Waals surface area (Å²) in [5, 5.41) is 5.54. The fourth-order valence-electron chi connectivity index (χ4n) is 5.98.